The van der Waals surface area contributed by atoms with Gasteiger partial charge in [0.2, 0.25) is 0 Å². The van der Waals surface area contributed by atoms with Crippen LogP contribution in [0.15, 0.2) is 6.20 Å². The van der Waals surface area contributed by atoms with E-state index in [1.165, 1.54) is 5.69 Å². The summed E-state index contributed by atoms with van der Waals surface area (Å²) < 4.78 is 2.12. The maximum atomic E-state index is 11.0. The zero-order chi connectivity index (χ0) is 16.1. The van der Waals surface area contributed by atoms with Crippen LogP contribution >= 0.6 is 0 Å². The summed E-state index contributed by atoms with van der Waals surface area (Å²) in [7, 11) is 0. The molecule has 1 heterocycles. The van der Waals surface area contributed by atoms with E-state index in [4.69, 9.17) is 5.11 Å². The summed E-state index contributed by atoms with van der Waals surface area (Å²) >= 11 is 0. The standard InChI is InChI=1S/C17H29N3O2/c1-4-16-15(11-18-20(16)10-9-12(2)3)19-14-7-5-13(6-8-14)17(21)22/h11-14,19H,4-10H2,1-3H3,(H,21,22). The maximum Gasteiger partial charge on any atom is 0.306 e. The Morgan fingerprint density at radius 2 is 2.09 bits per heavy atom. The molecule has 2 N–H and O–H groups in total. The second-order valence-corrected chi connectivity index (χ2v) is 6.80. The summed E-state index contributed by atoms with van der Waals surface area (Å²) in [5, 5.41) is 17.2. The van der Waals surface area contributed by atoms with Crippen LogP contribution in [-0.2, 0) is 17.8 Å². The lowest BCUT2D eigenvalue weighted by Gasteiger charge is -2.27. The minimum atomic E-state index is -0.644. The van der Waals surface area contributed by atoms with E-state index in [1.54, 1.807) is 0 Å². The monoisotopic (exact) mass is 307 g/mol. The van der Waals surface area contributed by atoms with Crippen LogP contribution in [0.25, 0.3) is 0 Å². The van der Waals surface area contributed by atoms with E-state index >= 15 is 0 Å². The zero-order valence-corrected chi connectivity index (χ0v) is 14.0. The number of aryl methyl sites for hydroxylation is 1. The van der Waals surface area contributed by atoms with Gasteiger partial charge in [0.05, 0.1) is 23.5 Å². The molecule has 1 aliphatic carbocycles. The van der Waals surface area contributed by atoms with Crippen LogP contribution in [0.4, 0.5) is 5.69 Å². The molecule has 1 aromatic rings. The molecule has 0 spiro atoms. The Bertz CT molecular complexity index is 488. The van der Waals surface area contributed by atoms with Crippen LogP contribution in [0.3, 0.4) is 0 Å². The molecule has 0 unspecified atom stereocenters. The van der Waals surface area contributed by atoms with Gasteiger partial charge in [0.1, 0.15) is 0 Å². The Kier molecular flexibility index (Phi) is 5.86. The van der Waals surface area contributed by atoms with Gasteiger partial charge in [-0.05, 0) is 44.4 Å². The molecule has 5 nitrogen and oxygen atoms in total. The van der Waals surface area contributed by atoms with Crippen LogP contribution in [0, 0.1) is 11.8 Å². The molecule has 1 fully saturated rings. The first-order chi connectivity index (χ1) is 10.5. The summed E-state index contributed by atoms with van der Waals surface area (Å²) in [5.41, 5.74) is 2.39. The Morgan fingerprint density at radius 1 is 1.41 bits per heavy atom. The zero-order valence-electron chi connectivity index (χ0n) is 14.0. The van der Waals surface area contributed by atoms with Gasteiger partial charge in [0.15, 0.2) is 0 Å². The number of hydrogen-bond donors (Lipinski definition) is 2. The fourth-order valence-corrected chi connectivity index (χ4v) is 3.18. The molecule has 1 saturated carbocycles. The van der Waals surface area contributed by atoms with Gasteiger partial charge in [0.25, 0.3) is 0 Å². The average molecular weight is 307 g/mol. The number of carboxylic acids is 1. The SMILES string of the molecule is CCc1c(NC2CCC(C(=O)O)CC2)cnn1CCC(C)C. The Morgan fingerprint density at radius 3 is 2.64 bits per heavy atom. The predicted molar refractivity (Wildman–Crippen MR) is 88.1 cm³/mol. The number of anilines is 1. The quantitative estimate of drug-likeness (QED) is 0.808. The average Bonchev–Trinajstić information content (AvgIpc) is 2.87. The van der Waals surface area contributed by atoms with Crippen LogP contribution < -0.4 is 5.32 Å². The Labute approximate surface area is 133 Å². The Hall–Kier alpha value is -1.52. The molecule has 0 aliphatic heterocycles. The normalized spacial score (nSPS) is 22.0. The topological polar surface area (TPSA) is 67.2 Å². The minimum Gasteiger partial charge on any atom is -0.481 e. The van der Waals surface area contributed by atoms with Gasteiger partial charge >= 0.3 is 5.97 Å². The van der Waals surface area contributed by atoms with Crippen molar-refractivity contribution in [1.29, 1.82) is 0 Å². The number of aliphatic carboxylic acids is 1. The van der Waals surface area contributed by atoms with Gasteiger partial charge in [-0.3, -0.25) is 9.48 Å². The number of carboxylic acid groups (broad SMARTS) is 1. The van der Waals surface area contributed by atoms with Gasteiger partial charge in [-0.25, -0.2) is 0 Å². The minimum absolute atomic E-state index is 0.155. The van der Waals surface area contributed by atoms with Crippen molar-refractivity contribution in [2.45, 2.75) is 71.9 Å². The van der Waals surface area contributed by atoms with Crippen molar-refractivity contribution < 1.29 is 9.90 Å². The number of carbonyl (C=O) groups is 1. The van der Waals surface area contributed by atoms with Gasteiger partial charge in [-0.2, -0.15) is 5.10 Å². The second kappa shape index (κ2) is 7.65. The lowest BCUT2D eigenvalue weighted by atomic mass is 9.86. The highest BCUT2D eigenvalue weighted by Crippen LogP contribution is 2.28. The number of hydrogen-bond acceptors (Lipinski definition) is 3. The summed E-state index contributed by atoms with van der Waals surface area (Å²) in [6.45, 7) is 7.59. The van der Waals surface area contributed by atoms with Crippen molar-refractivity contribution >= 4 is 11.7 Å². The summed E-state index contributed by atoms with van der Waals surface area (Å²) in [6, 6.07) is 0.378. The summed E-state index contributed by atoms with van der Waals surface area (Å²) in [5.74, 6) is -0.122. The van der Waals surface area contributed by atoms with Crippen molar-refractivity contribution in [3.8, 4) is 0 Å². The molecule has 0 atom stereocenters. The van der Waals surface area contributed by atoms with E-state index in [2.05, 4.69) is 35.9 Å². The van der Waals surface area contributed by atoms with Crippen molar-refractivity contribution in [2.75, 3.05) is 5.32 Å². The molecule has 1 aliphatic rings. The molecule has 0 saturated heterocycles. The first kappa shape index (κ1) is 16.8. The van der Waals surface area contributed by atoms with E-state index in [-0.39, 0.29) is 5.92 Å². The molecule has 0 aromatic carbocycles. The molecule has 0 radical (unpaired) electrons. The third-order valence-corrected chi connectivity index (χ3v) is 4.64. The summed E-state index contributed by atoms with van der Waals surface area (Å²) in [4.78, 5) is 11.0. The van der Waals surface area contributed by atoms with Gasteiger partial charge in [-0.1, -0.05) is 20.8 Å². The fraction of sp³-hybridized carbons (Fsp3) is 0.765. The highest BCUT2D eigenvalue weighted by atomic mass is 16.4. The van der Waals surface area contributed by atoms with Gasteiger partial charge < -0.3 is 10.4 Å². The molecular formula is C17H29N3O2. The Balaban J connectivity index is 1.94. The smallest absolute Gasteiger partial charge is 0.306 e. The third kappa shape index (κ3) is 4.24. The van der Waals surface area contributed by atoms with E-state index < -0.39 is 5.97 Å². The largest absolute Gasteiger partial charge is 0.481 e. The van der Waals surface area contributed by atoms with Gasteiger partial charge in [-0.15, -0.1) is 0 Å². The maximum absolute atomic E-state index is 11.0. The molecule has 124 valence electrons. The molecule has 5 heteroatoms. The van der Waals surface area contributed by atoms with Gasteiger partial charge in [0, 0.05) is 12.6 Å². The lowest BCUT2D eigenvalue weighted by Crippen LogP contribution is -2.29. The third-order valence-electron chi connectivity index (χ3n) is 4.64. The van der Waals surface area contributed by atoms with E-state index in [0.29, 0.717) is 12.0 Å². The molecular weight excluding hydrogens is 278 g/mol. The molecule has 0 amide bonds. The van der Waals surface area contributed by atoms with Crippen molar-refractivity contribution in [3.05, 3.63) is 11.9 Å². The van der Waals surface area contributed by atoms with E-state index in [0.717, 1.165) is 50.8 Å². The lowest BCUT2D eigenvalue weighted by molar-refractivity contribution is -0.142. The highest BCUT2D eigenvalue weighted by molar-refractivity contribution is 5.70. The molecule has 22 heavy (non-hydrogen) atoms. The van der Waals surface area contributed by atoms with E-state index in [1.807, 2.05) is 6.20 Å². The molecule has 2 rings (SSSR count). The molecule has 0 bridgehead atoms. The van der Waals surface area contributed by atoms with Crippen LogP contribution in [0.5, 0.6) is 0 Å². The second-order valence-electron chi connectivity index (χ2n) is 6.80. The fourth-order valence-electron chi connectivity index (χ4n) is 3.18. The predicted octanol–water partition coefficient (Wildman–Crippen LogP) is 3.55. The van der Waals surface area contributed by atoms with E-state index in [9.17, 15) is 4.79 Å². The van der Waals surface area contributed by atoms with Crippen molar-refractivity contribution in [3.63, 3.8) is 0 Å². The number of nitrogens with zero attached hydrogens (tertiary/aromatic N) is 2. The van der Waals surface area contributed by atoms with Crippen LogP contribution in [0.1, 0.15) is 58.6 Å². The molecule has 1 aromatic heterocycles. The number of rotatable bonds is 7. The number of nitrogens with one attached hydrogen (secondary N) is 1. The summed E-state index contributed by atoms with van der Waals surface area (Å²) in [6.07, 6.45) is 7.44. The van der Waals surface area contributed by atoms with Crippen molar-refractivity contribution in [1.82, 2.24) is 9.78 Å². The highest BCUT2D eigenvalue weighted by Gasteiger charge is 2.26. The first-order valence-corrected chi connectivity index (χ1v) is 8.55. The van der Waals surface area contributed by atoms with Crippen molar-refractivity contribution in [2.24, 2.45) is 11.8 Å². The van der Waals surface area contributed by atoms with Crippen LogP contribution in [-0.4, -0.2) is 26.9 Å². The number of aromatic nitrogens is 2. The van der Waals surface area contributed by atoms with Crippen LogP contribution in [0.2, 0.25) is 0 Å². The first-order valence-electron chi connectivity index (χ1n) is 8.55.